The van der Waals surface area contributed by atoms with Crippen molar-refractivity contribution in [2.24, 2.45) is 5.92 Å². The number of nitrogens with zero attached hydrogens (tertiary/aromatic N) is 5. The summed E-state index contributed by atoms with van der Waals surface area (Å²) in [5, 5.41) is 42.9. The lowest BCUT2D eigenvalue weighted by molar-refractivity contribution is -0.119. The van der Waals surface area contributed by atoms with Crippen LogP contribution in [0.15, 0.2) is 28.2 Å². The Kier molecular flexibility index (Phi) is 7.25. The molecule has 0 aromatic carbocycles. The van der Waals surface area contributed by atoms with E-state index in [1.807, 2.05) is 0 Å². The molecular weight excluding hydrogens is 563 g/mol. The van der Waals surface area contributed by atoms with Crippen LogP contribution in [-0.2, 0) is 18.6 Å². The Morgan fingerprint density at radius 3 is 2.42 bits per heavy atom. The Bertz CT molecular complexity index is 1570. The van der Waals surface area contributed by atoms with Crippen LogP contribution >= 0.6 is 7.82 Å². The summed E-state index contributed by atoms with van der Waals surface area (Å²) in [7, 11) is -5.39. The van der Waals surface area contributed by atoms with Crippen LogP contribution in [0, 0.1) is 5.92 Å². The van der Waals surface area contributed by atoms with Gasteiger partial charge in [0.1, 0.15) is 36.3 Å². The van der Waals surface area contributed by atoms with Gasteiger partial charge in [0.25, 0.3) is 5.56 Å². The minimum Gasteiger partial charge on any atom is -0.394 e. The molecule has 0 bridgehead atoms. The van der Waals surface area contributed by atoms with E-state index in [0.29, 0.717) is 0 Å². The smallest absolute Gasteiger partial charge is 0.394 e. The molecule has 20 nitrogen and oxygen atoms in total. The summed E-state index contributed by atoms with van der Waals surface area (Å²) in [5.41, 5.74) is 9.16. The third-order valence-electron chi connectivity index (χ3n) is 6.70. The van der Waals surface area contributed by atoms with Crippen LogP contribution in [-0.4, -0.2) is 103 Å². The molecule has 0 radical (unpaired) electrons. The van der Waals surface area contributed by atoms with E-state index >= 15 is 0 Å². The number of H-pyrrole nitrogens is 1. The van der Waals surface area contributed by atoms with Crippen molar-refractivity contribution in [3.05, 3.63) is 39.4 Å². The second-order valence-corrected chi connectivity index (χ2v) is 10.4. The average Bonchev–Trinajstić information content (AvgIpc) is 3.51. The highest BCUT2D eigenvalue weighted by atomic mass is 31.2. The molecular formula is C19H25N8O12P. The molecule has 0 aliphatic carbocycles. The number of rotatable bonds is 7. The van der Waals surface area contributed by atoms with Gasteiger partial charge in [-0.05, 0) is 6.07 Å². The number of ether oxygens (including phenoxy) is 2. The third kappa shape index (κ3) is 4.90. The summed E-state index contributed by atoms with van der Waals surface area (Å²) in [6.45, 7) is -0.821. The predicted octanol–water partition coefficient (Wildman–Crippen LogP) is -4.50. The van der Waals surface area contributed by atoms with Gasteiger partial charge in [0, 0.05) is 12.1 Å². The Hall–Kier alpha value is -3.30. The molecule has 2 saturated heterocycles. The van der Waals surface area contributed by atoms with E-state index in [0.717, 1.165) is 21.7 Å². The van der Waals surface area contributed by atoms with Crippen molar-refractivity contribution in [3.63, 3.8) is 0 Å². The normalized spacial score (nSPS) is 31.6. The van der Waals surface area contributed by atoms with Crippen LogP contribution in [0.3, 0.4) is 0 Å². The van der Waals surface area contributed by atoms with Gasteiger partial charge in [0.15, 0.2) is 23.6 Å². The standard InChI is InChI=1S/C19H25N8O12P/c20-6-1-2-26(19(33)23-6)17-11(31)10(30)13(38-17)12(39-40(34,35)36)7-5(3-28)37-16(9(7)29)27-4-22-8-14(27)24-18(21)25-15(8)32/h1-2,4-5,7,9-13,16-17,28-31H,3H2,(H2,20,23,33)(H2,34,35,36)(H3,21,24,25,32). The van der Waals surface area contributed by atoms with E-state index < -0.39 is 80.7 Å². The first-order chi connectivity index (χ1) is 18.8. The zero-order valence-electron chi connectivity index (χ0n) is 20.1. The van der Waals surface area contributed by atoms with Gasteiger partial charge in [-0.1, -0.05) is 0 Å². The number of aliphatic hydroxyl groups excluding tert-OH is 4. The maximum atomic E-state index is 12.3. The number of fused-ring (bicyclic) bond motifs is 1. The van der Waals surface area contributed by atoms with E-state index in [1.165, 1.54) is 6.07 Å². The van der Waals surface area contributed by atoms with E-state index in [-0.39, 0.29) is 22.9 Å². The topological polar surface area (TPSA) is 317 Å². The molecule has 21 heteroatoms. The van der Waals surface area contributed by atoms with E-state index in [9.17, 15) is 44.4 Å². The maximum absolute atomic E-state index is 12.3. The van der Waals surface area contributed by atoms with Crippen molar-refractivity contribution in [1.82, 2.24) is 29.1 Å². The number of imidazole rings is 1. The predicted molar refractivity (Wildman–Crippen MR) is 129 cm³/mol. The largest absolute Gasteiger partial charge is 0.469 e. The molecule has 2 aliphatic heterocycles. The number of aromatic nitrogens is 6. The van der Waals surface area contributed by atoms with Crippen molar-refractivity contribution in [1.29, 1.82) is 0 Å². The molecule has 3 aromatic rings. The van der Waals surface area contributed by atoms with Gasteiger partial charge in [-0.25, -0.2) is 14.3 Å². The molecule has 0 spiro atoms. The van der Waals surface area contributed by atoms with E-state index in [4.69, 9.17) is 25.5 Å². The molecule has 11 N–H and O–H groups in total. The van der Waals surface area contributed by atoms with E-state index in [1.54, 1.807) is 0 Å². The van der Waals surface area contributed by atoms with Crippen LogP contribution in [0.2, 0.25) is 0 Å². The number of phosphoric acid groups is 1. The first kappa shape index (κ1) is 28.2. The van der Waals surface area contributed by atoms with Gasteiger partial charge in [-0.2, -0.15) is 9.97 Å². The number of aromatic amines is 1. The number of nitrogens with one attached hydrogen (secondary N) is 1. The molecule has 9 unspecified atom stereocenters. The molecule has 5 rings (SSSR count). The Morgan fingerprint density at radius 1 is 1.07 bits per heavy atom. The summed E-state index contributed by atoms with van der Waals surface area (Å²) >= 11 is 0. The minimum absolute atomic E-state index is 0.113. The lowest BCUT2D eigenvalue weighted by atomic mass is 9.87. The highest BCUT2D eigenvalue weighted by molar-refractivity contribution is 7.46. The third-order valence-corrected chi connectivity index (χ3v) is 7.22. The highest BCUT2D eigenvalue weighted by Crippen LogP contribution is 2.48. The lowest BCUT2D eigenvalue weighted by Gasteiger charge is -2.33. The van der Waals surface area contributed by atoms with Gasteiger partial charge in [0.2, 0.25) is 5.95 Å². The van der Waals surface area contributed by atoms with Gasteiger partial charge in [-0.3, -0.25) is 23.4 Å². The Morgan fingerprint density at radius 2 is 1.77 bits per heavy atom. The minimum atomic E-state index is -5.39. The van der Waals surface area contributed by atoms with Crippen molar-refractivity contribution in [2.45, 2.75) is 49.1 Å². The second kappa shape index (κ2) is 10.3. The molecule has 2 fully saturated rings. The monoisotopic (exact) mass is 588 g/mol. The number of nitrogen functional groups attached to an aromatic ring is 2. The van der Waals surface area contributed by atoms with Crippen LogP contribution in [0.25, 0.3) is 11.2 Å². The zero-order valence-corrected chi connectivity index (χ0v) is 21.0. The van der Waals surface area contributed by atoms with Gasteiger partial charge in [0.05, 0.1) is 19.0 Å². The van der Waals surface area contributed by atoms with Crippen LogP contribution in [0.1, 0.15) is 12.5 Å². The zero-order chi connectivity index (χ0) is 29.1. The average molecular weight is 588 g/mol. The fourth-order valence-electron chi connectivity index (χ4n) is 5.00. The molecule has 218 valence electrons. The number of hydrogen-bond acceptors (Lipinski definition) is 15. The summed E-state index contributed by atoms with van der Waals surface area (Å²) in [4.78, 5) is 57.5. The van der Waals surface area contributed by atoms with Crippen molar-refractivity contribution >= 4 is 30.8 Å². The van der Waals surface area contributed by atoms with Crippen molar-refractivity contribution in [2.75, 3.05) is 18.1 Å². The summed E-state index contributed by atoms with van der Waals surface area (Å²) in [6.07, 6.45) is -11.5. The number of nitrogens with two attached hydrogens (primary N) is 2. The summed E-state index contributed by atoms with van der Waals surface area (Å²) in [6, 6.07) is 1.21. The molecule has 40 heavy (non-hydrogen) atoms. The molecule has 9 atom stereocenters. The second-order valence-electron chi connectivity index (χ2n) is 9.17. The SMILES string of the molecule is Nc1ccn(C2OC(C(OP(=O)(O)O)C3C(CO)OC(n4cnc5c(=O)[nH]c(N)nc54)C3O)C(O)C2O)c(=O)n1. The molecule has 0 amide bonds. The van der Waals surface area contributed by atoms with E-state index in [2.05, 4.69) is 19.9 Å². The first-order valence-corrected chi connectivity index (χ1v) is 13.1. The molecule has 0 saturated carbocycles. The van der Waals surface area contributed by atoms with Crippen molar-refractivity contribution < 1.29 is 48.8 Å². The van der Waals surface area contributed by atoms with Gasteiger partial charge < -0.3 is 51.2 Å². The molecule has 3 aromatic heterocycles. The number of aliphatic hydroxyl groups is 4. The highest BCUT2D eigenvalue weighted by Gasteiger charge is 2.58. The van der Waals surface area contributed by atoms with Crippen LogP contribution in [0.4, 0.5) is 11.8 Å². The Balaban J connectivity index is 1.53. The number of phosphoric ester groups is 1. The van der Waals surface area contributed by atoms with Gasteiger partial charge >= 0.3 is 13.5 Å². The number of anilines is 2. The quantitative estimate of drug-likeness (QED) is 0.117. The Labute approximate surface area is 221 Å². The van der Waals surface area contributed by atoms with Crippen molar-refractivity contribution in [3.8, 4) is 0 Å². The van der Waals surface area contributed by atoms with Gasteiger partial charge in [-0.15, -0.1) is 0 Å². The van der Waals surface area contributed by atoms with Crippen LogP contribution in [0.5, 0.6) is 0 Å². The summed E-state index contributed by atoms with van der Waals surface area (Å²) in [5.74, 6) is -1.95. The first-order valence-electron chi connectivity index (χ1n) is 11.6. The fraction of sp³-hybridized carbons (Fsp3) is 0.526. The fourth-order valence-corrected chi connectivity index (χ4v) is 5.58. The summed E-state index contributed by atoms with van der Waals surface area (Å²) < 4.78 is 30.2. The lowest BCUT2D eigenvalue weighted by Crippen LogP contribution is -2.49. The molecule has 2 aliphatic rings. The molecule has 5 heterocycles. The maximum Gasteiger partial charge on any atom is 0.469 e. The van der Waals surface area contributed by atoms with Crippen LogP contribution < -0.4 is 22.7 Å². The number of hydrogen-bond donors (Lipinski definition) is 9.